The van der Waals surface area contributed by atoms with E-state index in [9.17, 15) is 0 Å². The number of nitrogens with two attached hydrogens (primary N) is 1. The fourth-order valence-electron chi connectivity index (χ4n) is 4.07. The molecule has 1 aromatic heterocycles. The fraction of sp³-hybridized carbons (Fsp3) is 0.625. The van der Waals surface area contributed by atoms with E-state index >= 15 is 0 Å². The summed E-state index contributed by atoms with van der Waals surface area (Å²) in [6, 6.07) is 2.63. The highest BCUT2D eigenvalue weighted by Gasteiger charge is 2.36. The summed E-state index contributed by atoms with van der Waals surface area (Å²) in [5.41, 5.74) is 8.75. The molecule has 0 amide bonds. The van der Waals surface area contributed by atoms with Crippen LogP contribution in [-0.2, 0) is 0 Å². The molecule has 4 nitrogen and oxygen atoms in total. The Balaban J connectivity index is 2.06. The first-order valence-corrected chi connectivity index (χ1v) is 7.67. The molecule has 0 aromatic carbocycles. The molecule has 2 unspecified atom stereocenters. The molecule has 1 aliphatic carbocycles. The van der Waals surface area contributed by atoms with E-state index in [2.05, 4.69) is 4.90 Å². The number of nitrogen functional groups attached to an aromatic ring is 1. The lowest BCUT2D eigenvalue weighted by Gasteiger charge is -2.39. The van der Waals surface area contributed by atoms with Gasteiger partial charge in [-0.25, -0.2) is 4.98 Å². The molecule has 0 bridgehead atoms. The maximum absolute atomic E-state index is 7.91. The summed E-state index contributed by atoms with van der Waals surface area (Å²) in [7, 11) is 0. The minimum Gasteiger partial charge on any atom is -0.384 e. The van der Waals surface area contributed by atoms with E-state index in [1.807, 2.05) is 19.9 Å². The van der Waals surface area contributed by atoms with Crippen LogP contribution in [0, 0.1) is 25.2 Å². The van der Waals surface area contributed by atoms with Gasteiger partial charge in [0, 0.05) is 18.3 Å². The number of fused-ring (bicyclic) bond motifs is 1. The van der Waals surface area contributed by atoms with E-state index < -0.39 is 0 Å². The maximum Gasteiger partial charge on any atom is 0.140 e. The number of aromatic nitrogens is 1. The minimum atomic E-state index is 0.144. The first kappa shape index (κ1) is 13.4. The number of rotatable bonds is 2. The van der Waals surface area contributed by atoms with Crippen molar-refractivity contribution in [3.63, 3.8) is 0 Å². The molecule has 1 aliphatic heterocycles. The highest BCUT2D eigenvalue weighted by atomic mass is 15.2. The molecule has 3 N–H and O–H groups in total. The third-order valence-electron chi connectivity index (χ3n) is 4.86. The molecule has 1 saturated carbocycles. The molecule has 0 spiro atoms. The predicted molar refractivity (Wildman–Crippen MR) is 82.4 cm³/mol. The van der Waals surface area contributed by atoms with Crippen LogP contribution in [0.1, 0.15) is 48.9 Å². The number of amidine groups is 1. The Kier molecular flexibility index (Phi) is 3.40. The normalized spacial score (nSPS) is 25.6. The lowest BCUT2D eigenvalue weighted by atomic mass is 9.91. The quantitative estimate of drug-likeness (QED) is 0.642. The van der Waals surface area contributed by atoms with Crippen molar-refractivity contribution >= 4 is 11.7 Å². The van der Waals surface area contributed by atoms with E-state index in [4.69, 9.17) is 16.1 Å². The monoisotopic (exact) mass is 272 g/mol. The number of nitrogens with zero attached hydrogens (tertiary/aromatic N) is 2. The third kappa shape index (κ3) is 2.17. The minimum absolute atomic E-state index is 0.144. The van der Waals surface area contributed by atoms with Crippen molar-refractivity contribution in [1.82, 2.24) is 4.98 Å². The van der Waals surface area contributed by atoms with Gasteiger partial charge in [-0.15, -0.1) is 0 Å². The van der Waals surface area contributed by atoms with Crippen LogP contribution in [0.3, 0.4) is 0 Å². The molecule has 20 heavy (non-hydrogen) atoms. The van der Waals surface area contributed by atoms with Gasteiger partial charge in [-0.2, -0.15) is 0 Å². The molecule has 2 heterocycles. The molecule has 108 valence electrons. The van der Waals surface area contributed by atoms with Crippen molar-refractivity contribution in [2.45, 2.75) is 52.0 Å². The topological polar surface area (TPSA) is 66.0 Å². The van der Waals surface area contributed by atoms with Crippen LogP contribution in [-0.4, -0.2) is 23.4 Å². The van der Waals surface area contributed by atoms with Gasteiger partial charge in [0.2, 0.25) is 0 Å². The summed E-state index contributed by atoms with van der Waals surface area (Å²) >= 11 is 0. The van der Waals surface area contributed by atoms with Gasteiger partial charge in [-0.3, -0.25) is 5.41 Å². The zero-order valence-electron chi connectivity index (χ0n) is 12.4. The largest absolute Gasteiger partial charge is 0.384 e. The summed E-state index contributed by atoms with van der Waals surface area (Å²) in [5.74, 6) is 1.91. The summed E-state index contributed by atoms with van der Waals surface area (Å²) in [6.07, 6.45) is 6.51. The highest BCUT2D eigenvalue weighted by Crippen LogP contribution is 2.39. The SMILES string of the molecule is Cc1cc(C)c(C(=N)N)c(N2CCCC3CCCC32)n1. The Morgan fingerprint density at radius 3 is 2.80 bits per heavy atom. The Hall–Kier alpha value is -1.58. The van der Waals surface area contributed by atoms with E-state index in [-0.39, 0.29) is 5.84 Å². The van der Waals surface area contributed by atoms with Gasteiger partial charge in [0.05, 0.1) is 5.56 Å². The fourth-order valence-corrected chi connectivity index (χ4v) is 4.07. The van der Waals surface area contributed by atoms with Crippen molar-refractivity contribution < 1.29 is 0 Å². The molecule has 2 fully saturated rings. The lowest BCUT2D eigenvalue weighted by Crippen LogP contribution is -2.44. The number of anilines is 1. The van der Waals surface area contributed by atoms with Gasteiger partial charge in [0.15, 0.2) is 0 Å². The van der Waals surface area contributed by atoms with Crippen LogP contribution in [0.4, 0.5) is 5.82 Å². The number of piperidine rings is 1. The van der Waals surface area contributed by atoms with Crippen LogP contribution in [0.2, 0.25) is 0 Å². The van der Waals surface area contributed by atoms with E-state index in [0.717, 1.165) is 35.1 Å². The molecule has 4 heteroatoms. The smallest absolute Gasteiger partial charge is 0.140 e. The Morgan fingerprint density at radius 1 is 1.30 bits per heavy atom. The molecular formula is C16H24N4. The van der Waals surface area contributed by atoms with Crippen molar-refractivity contribution in [1.29, 1.82) is 5.41 Å². The van der Waals surface area contributed by atoms with E-state index in [1.165, 1.54) is 32.1 Å². The molecule has 2 atom stereocenters. The molecule has 1 aromatic rings. The van der Waals surface area contributed by atoms with Gasteiger partial charge in [0.1, 0.15) is 11.7 Å². The number of hydrogen-bond donors (Lipinski definition) is 2. The van der Waals surface area contributed by atoms with Crippen molar-refractivity contribution in [3.8, 4) is 0 Å². The van der Waals surface area contributed by atoms with Crippen LogP contribution in [0.25, 0.3) is 0 Å². The van der Waals surface area contributed by atoms with Crippen LogP contribution >= 0.6 is 0 Å². The third-order valence-corrected chi connectivity index (χ3v) is 4.86. The zero-order valence-corrected chi connectivity index (χ0v) is 12.4. The van der Waals surface area contributed by atoms with Gasteiger partial charge in [-0.05, 0) is 57.1 Å². The Bertz CT molecular complexity index is 538. The molecule has 0 radical (unpaired) electrons. The maximum atomic E-state index is 7.91. The second-order valence-electron chi connectivity index (χ2n) is 6.29. The van der Waals surface area contributed by atoms with Crippen LogP contribution in [0.5, 0.6) is 0 Å². The summed E-state index contributed by atoms with van der Waals surface area (Å²) < 4.78 is 0. The lowest BCUT2D eigenvalue weighted by molar-refractivity contribution is 0.360. The highest BCUT2D eigenvalue weighted by molar-refractivity contribution is 6.01. The van der Waals surface area contributed by atoms with Gasteiger partial charge in [0.25, 0.3) is 0 Å². The second-order valence-corrected chi connectivity index (χ2v) is 6.29. The first-order chi connectivity index (χ1) is 9.58. The standard InChI is InChI=1S/C16H24N4/c1-10-9-11(2)19-16(14(10)15(17)18)20-8-4-6-12-5-3-7-13(12)20/h9,12-13H,3-8H2,1-2H3,(H3,17,18). The number of pyridine rings is 1. The summed E-state index contributed by atoms with van der Waals surface area (Å²) in [5, 5.41) is 7.91. The Morgan fingerprint density at radius 2 is 2.05 bits per heavy atom. The van der Waals surface area contributed by atoms with E-state index in [1.54, 1.807) is 0 Å². The van der Waals surface area contributed by atoms with Gasteiger partial charge >= 0.3 is 0 Å². The molecule has 2 aliphatic rings. The Labute approximate surface area is 120 Å². The average molecular weight is 272 g/mol. The van der Waals surface area contributed by atoms with Crippen molar-refractivity contribution in [2.75, 3.05) is 11.4 Å². The number of aryl methyl sites for hydroxylation is 2. The number of hydrogen-bond acceptors (Lipinski definition) is 3. The molecule has 1 saturated heterocycles. The molecule has 3 rings (SSSR count). The second kappa shape index (κ2) is 5.08. The zero-order chi connectivity index (χ0) is 14.3. The molecular weight excluding hydrogens is 248 g/mol. The van der Waals surface area contributed by atoms with Gasteiger partial charge in [-0.1, -0.05) is 6.42 Å². The van der Waals surface area contributed by atoms with Crippen molar-refractivity contribution in [2.24, 2.45) is 11.7 Å². The van der Waals surface area contributed by atoms with Crippen LogP contribution in [0.15, 0.2) is 6.07 Å². The number of nitrogens with one attached hydrogen (secondary N) is 1. The summed E-state index contributed by atoms with van der Waals surface area (Å²) in [4.78, 5) is 7.19. The summed E-state index contributed by atoms with van der Waals surface area (Å²) in [6.45, 7) is 5.11. The van der Waals surface area contributed by atoms with Crippen LogP contribution < -0.4 is 10.6 Å². The predicted octanol–water partition coefficient (Wildman–Crippen LogP) is 2.75. The van der Waals surface area contributed by atoms with Gasteiger partial charge < -0.3 is 10.6 Å². The first-order valence-electron chi connectivity index (χ1n) is 7.67. The van der Waals surface area contributed by atoms with Crippen molar-refractivity contribution in [3.05, 3.63) is 22.9 Å². The average Bonchev–Trinajstić information content (AvgIpc) is 2.84. The van der Waals surface area contributed by atoms with E-state index in [0.29, 0.717) is 6.04 Å².